The summed E-state index contributed by atoms with van der Waals surface area (Å²) >= 11 is 0. The summed E-state index contributed by atoms with van der Waals surface area (Å²) in [6, 6.07) is 11.1. The van der Waals surface area contributed by atoms with Crippen molar-refractivity contribution in [3.05, 3.63) is 42.0 Å². The molecule has 2 amide bonds. The predicted octanol–water partition coefficient (Wildman–Crippen LogP) is 2.67. The minimum atomic E-state index is -3.72. The molecule has 0 heterocycles. The van der Waals surface area contributed by atoms with Gasteiger partial charge in [0.1, 0.15) is 5.75 Å². The Morgan fingerprint density at radius 2 is 1.81 bits per heavy atom. The first-order chi connectivity index (χ1) is 12.8. The third kappa shape index (κ3) is 5.11. The van der Waals surface area contributed by atoms with E-state index in [9.17, 15) is 13.2 Å². The summed E-state index contributed by atoms with van der Waals surface area (Å²) in [7, 11) is -2.21. The lowest BCUT2D eigenvalue weighted by Gasteiger charge is -2.24. The zero-order valence-corrected chi connectivity index (χ0v) is 17.0. The Morgan fingerprint density at radius 1 is 1.15 bits per heavy atom. The molecule has 0 aliphatic carbocycles. The van der Waals surface area contributed by atoms with Crippen LogP contribution < -0.4 is 15.6 Å². The van der Waals surface area contributed by atoms with Crippen molar-refractivity contribution in [3.8, 4) is 5.75 Å². The van der Waals surface area contributed by atoms with Crippen LogP contribution in [-0.4, -0.2) is 44.2 Å². The Balaban J connectivity index is 2.20. The van der Waals surface area contributed by atoms with Crippen LogP contribution in [0.3, 0.4) is 0 Å². The fourth-order valence-electron chi connectivity index (χ4n) is 2.68. The number of benzene rings is 2. The number of fused-ring (bicyclic) bond motifs is 1. The van der Waals surface area contributed by atoms with Crippen molar-refractivity contribution in [1.29, 1.82) is 0 Å². The Morgan fingerprint density at radius 3 is 2.44 bits per heavy atom. The molecule has 2 rings (SSSR count). The van der Waals surface area contributed by atoms with Crippen LogP contribution in [0, 0.1) is 0 Å². The van der Waals surface area contributed by atoms with E-state index in [1.807, 2.05) is 43.3 Å². The van der Waals surface area contributed by atoms with Gasteiger partial charge in [0.05, 0.1) is 11.9 Å². The van der Waals surface area contributed by atoms with E-state index >= 15 is 0 Å². The Labute approximate surface area is 160 Å². The lowest BCUT2D eigenvalue weighted by molar-refractivity contribution is 0.219. The van der Waals surface area contributed by atoms with E-state index in [2.05, 4.69) is 10.9 Å². The minimum absolute atomic E-state index is 0.0660. The number of nitrogens with one attached hydrogen (secondary N) is 2. The first kappa shape index (κ1) is 21.0. The largest absolute Gasteiger partial charge is 0.494 e. The van der Waals surface area contributed by atoms with Gasteiger partial charge in [0.15, 0.2) is 0 Å². The van der Waals surface area contributed by atoms with Gasteiger partial charge in [-0.1, -0.05) is 24.3 Å². The van der Waals surface area contributed by atoms with Gasteiger partial charge in [0.2, 0.25) is 10.0 Å². The molecular formula is C19H27N3O4S. The smallest absolute Gasteiger partial charge is 0.345 e. The van der Waals surface area contributed by atoms with Crippen LogP contribution >= 0.6 is 0 Å². The van der Waals surface area contributed by atoms with Crippen LogP contribution in [-0.2, 0) is 16.4 Å². The van der Waals surface area contributed by atoms with Crippen molar-refractivity contribution in [1.82, 2.24) is 15.2 Å². The van der Waals surface area contributed by atoms with Gasteiger partial charge in [-0.15, -0.1) is 0 Å². The summed E-state index contributed by atoms with van der Waals surface area (Å²) in [4.78, 5) is 12.2. The molecule has 2 aromatic rings. The quantitative estimate of drug-likeness (QED) is 0.673. The fraction of sp³-hybridized carbons (Fsp3) is 0.421. The van der Waals surface area contributed by atoms with Crippen molar-refractivity contribution < 1.29 is 17.9 Å². The standard InChI is InChI=1S/C19H27N3O4S/c1-5-26-18-9-8-16-12-15(6-7-17(16)13-18)10-11-22(19(23)21-20-4)27(24,25)14(2)3/h6-9,12-14,20H,5,10-11H2,1-4H3,(H,21,23). The maximum absolute atomic E-state index is 12.5. The van der Waals surface area contributed by atoms with Crippen LogP contribution in [0.15, 0.2) is 36.4 Å². The molecule has 0 bridgehead atoms. The van der Waals surface area contributed by atoms with Gasteiger partial charge >= 0.3 is 6.03 Å². The molecule has 0 fully saturated rings. The first-order valence-electron chi connectivity index (χ1n) is 8.93. The summed E-state index contributed by atoms with van der Waals surface area (Å²) in [5.74, 6) is 0.815. The number of amides is 2. The lowest BCUT2D eigenvalue weighted by Crippen LogP contribution is -2.50. The van der Waals surface area contributed by atoms with E-state index in [1.54, 1.807) is 13.8 Å². The van der Waals surface area contributed by atoms with Crippen molar-refractivity contribution in [2.24, 2.45) is 0 Å². The van der Waals surface area contributed by atoms with Gasteiger partial charge in [-0.3, -0.25) is 5.43 Å². The van der Waals surface area contributed by atoms with Crippen molar-refractivity contribution >= 4 is 26.8 Å². The van der Waals surface area contributed by atoms with E-state index in [-0.39, 0.29) is 6.54 Å². The Bertz CT molecular complexity index is 897. The van der Waals surface area contributed by atoms with Crippen LogP contribution in [0.1, 0.15) is 26.3 Å². The highest BCUT2D eigenvalue weighted by molar-refractivity contribution is 7.90. The fourth-order valence-corrected chi connectivity index (χ4v) is 3.82. The topological polar surface area (TPSA) is 87.7 Å². The molecule has 0 aromatic heterocycles. The highest BCUT2D eigenvalue weighted by atomic mass is 32.2. The van der Waals surface area contributed by atoms with Gasteiger partial charge in [-0.25, -0.2) is 22.9 Å². The molecular weight excluding hydrogens is 366 g/mol. The Hall–Kier alpha value is -2.32. The van der Waals surface area contributed by atoms with Crippen LogP contribution in [0.25, 0.3) is 10.8 Å². The molecule has 0 spiro atoms. The normalized spacial score (nSPS) is 11.6. The predicted molar refractivity (Wildman–Crippen MR) is 107 cm³/mol. The number of rotatable bonds is 8. The number of carbonyl (C=O) groups is 1. The van der Waals surface area contributed by atoms with Crippen molar-refractivity contribution in [2.45, 2.75) is 32.4 Å². The monoisotopic (exact) mass is 393 g/mol. The number of hydrogen-bond acceptors (Lipinski definition) is 5. The molecule has 27 heavy (non-hydrogen) atoms. The second-order valence-electron chi connectivity index (χ2n) is 6.37. The zero-order chi connectivity index (χ0) is 20.0. The highest BCUT2D eigenvalue weighted by Gasteiger charge is 2.29. The molecule has 0 atom stereocenters. The number of urea groups is 1. The maximum Gasteiger partial charge on any atom is 0.345 e. The molecule has 0 radical (unpaired) electrons. The summed E-state index contributed by atoms with van der Waals surface area (Å²) < 4.78 is 31.4. The highest BCUT2D eigenvalue weighted by Crippen LogP contribution is 2.22. The second kappa shape index (κ2) is 9.05. The summed E-state index contributed by atoms with van der Waals surface area (Å²) in [5.41, 5.74) is 5.77. The molecule has 0 saturated carbocycles. The number of nitrogens with zero attached hydrogens (tertiary/aromatic N) is 1. The van der Waals surface area contributed by atoms with Crippen LogP contribution in [0.5, 0.6) is 5.75 Å². The Kier molecular flexibility index (Phi) is 7.04. The van der Waals surface area contributed by atoms with E-state index in [0.29, 0.717) is 13.0 Å². The van der Waals surface area contributed by atoms with Gasteiger partial charge in [0, 0.05) is 13.6 Å². The van der Waals surface area contributed by atoms with E-state index in [1.165, 1.54) is 7.05 Å². The average molecular weight is 394 g/mol. The second-order valence-corrected chi connectivity index (χ2v) is 8.79. The van der Waals surface area contributed by atoms with E-state index < -0.39 is 21.3 Å². The number of ether oxygens (including phenoxy) is 1. The zero-order valence-electron chi connectivity index (χ0n) is 16.2. The van der Waals surface area contributed by atoms with Gasteiger partial charge < -0.3 is 4.74 Å². The van der Waals surface area contributed by atoms with Gasteiger partial charge in [-0.05, 0) is 55.7 Å². The van der Waals surface area contributed by atoms with Gasteiger partial charge in [-0.2, -0.15) is 0 Å². The van der Waals surface area contributed by atoms with Crippen molar-refractivity contribution in [2.75, 3.05) is 20.2 Å². The number of sulfonamides is 1. The molecule has 7 nitrogen and oxygen atoms in total. The molecule has 8 heteroatoms. The SMILES string of the molecule is CCOc1ccc2cc(CCN(C(=O)NNC)S(=O)(=O)C(C)C)ccc2c1. The van der Waals surface area contributed by atoms with Gasteiger partial charge in [0.25, 0.3) is 0 Å². The number of carbonyl (C=O) groups excluding carboxylic acids is 1. The molecule has 148 valence electrons. The molecule has 2 aromatic carbocycles. The summed E-state index contributed by atoms with van der Waals surface area (Å²) in [6.07, 6.45) is 0.423. The maximum atomic E-state index is 12.5. The third-order valence-corrected chi connectivity index (χ3v) is 6.31. The molecule has 0 saturated heterocycles. The lowest BCUT2D eigenvalue weighted by atomic mass is 10.0. The minimum Gasteiger partial charge on any atom is -0.494 e. The first-order valence-corrected chi connectivity index (χ1v) is 10.4. The third-order valence-electron chi connectivity index (χ3n) is 4.15. The van der Waals surface area contributed by atoms with Crippen LogP contribution in [0.4, 0.5) is 4.79 Å². The average Bonchev–Trinajstić information content (AvgIpc) is 2.62. The van der Waals surface area contributed by atoms with Crippen LogP contribution in [0.2, 0.25) is 0 Å². The van der Waals surface area contributed by atoms with E-state index in [4.69, 9.17) is 4.74 Å². The molecule has 0 unspecified atom stereocenters. The van der Waals surface area contributed by atoms with Crippen molar-refractivity contribution in [3.63, 3.8) is 0 Å². The number of hydrogen-bond donors (Lipinski definition) is 2. The molecule has 2 N–H and O–H groups in total. The number of hydrazine groups is 1. The molecule has 0 aliphatic heterocycles. The summed E-state index contributed by atoms with van der Waals surface area (Å²) in [6.45, 7) is 5.73. The van der Waals surface area contributed by atoms with E-state index in [0.717, 1.165) is 26.4 Å². The molecule has 0 aliphatic rings. The summed E-state index contributed by atoms with van der Waals surface area (Å²) in [5, 5.41) is 1.40.